The summed E-state index contributed by atoms with van der Waals surface area (Å²) < 4.78 is 13.5. The molecule has 0 aliphatic rings. The summed E-state index contributed by atoms with van der Waals surface area (Å²) in [5, 5.41) is 0.563. The summed E-state index contributed by atoms with van der Waals surface area (Å²) in [7, 11) is 0. The van der Waals surface area contributed by atoms with E-state index in [1.54, 1.807) is 32.9 Å². The van der Waals surface area contributed by atoms with Crippen molar-refractivity contribution in [1.29, 1.82) is 0 Å². The van der Waals surface area contributed by atoms with E-state index >= 15 is 0 Å². The van der Waals surface area contributed by atoms with Gasteiger partial charge in [0.25, 0.3) is 11.7 Å². The second-order valence-corrected chi connectivity index (χ2v) is 9.17. The highest BCUT2D eigenvalue weighted by atomic mass is 16.6. The highest BCUT2D eigenvalue weighted by molar-refractivity contribution is 6.45. The van der Waals surface area contributed by atoms with Crippen LogP contribution in [-0.4, -0.2) is 33.9 Å². The molecule has 1 atom stereocenters. The molecular weight excluding hydrogens is 432 g/mol. The Bertz CT molecular complexity index is 1210. The SMILES string of the molecule is CCc1c(C(=O)C(N)=O)c2cc(OC(CC)C(=O)OC(C)(C)C)ccc2n1Cc1ccccc1. The maximum Gasteiger partial charge on any atom is 0.347 e. The number of rotatable bonds is 9. The lowest BCUT2D eigenvalue weighted by Crippen LogP contribution is -2.34. The first-order valence-electron chi connectivity index (χ1n) is 11.5. The molecule has 7 heteroatoms. The number of esters is 1. The molecule has 2 aromatic carbocycles. The highest BCUT2D eigenvalue weighted by Gasteiger charge is 2.28. The van der Waals surface area contributed by atoms with Gasteiger partial charge in [-0.15, -0.1) is 0 Å². The Morgan fingerprint density at radius 1 is 1.03 bits per heavy atom. The van der Waals surface area contributed by atoms with Crippen LogP contribution in [0.4, 0.5) is 0 Å². The monoisotopic (exact) mass is 464 g/mol. The van der Waals surface area contributed by atoms with Crippen molar-refractivity contribution in [3.63, 3.8) is 0 Å². The topological polar surface area (TPSA) is 101 Å². The number of hydrogen-bond donors (Lipinski definition) is 1. The van der Waals surface area contributed by atoms with Gasteiger partial charge in [0.1, 0.15) is 11.4 Å². The third-order valence-corrected chi connectivity index (χ3v) is 5.43. The molecule has 0 aliphatic heterocycles. The van der Waals surface area contributed by atoms with Gasteiger partial charge in [-0.25, -0.2) is 4.79 Å². The van der Waals surface area contributed by atoms with Crippen molar-refractivity contribution in [3.05, 3.63) is 65.4 Å². The minimum atomic E-state index is -1.01. The first-order chi connectivity index (χ1) is 16.1. The van der Waals surface area contributed by atoms with Gasteiger partial charge in [-0.1, -0.05) is 44.2 Å². The minimum Gasteiger partial charge on any atom is -0.479 e. The zero-order valence-electron chi connectivity index (χ0n) is 20.4. The largest absolute Gasteiger partial charge is 0.479 e. The molecule has 1 aromatic heterocycles. The van der Waals surface area contributed by atoms with E-state index < -0.39 is 29.4 Å². The van der Waals surface area contributed by atoms with Crippen LogP contribution in [0.3, 0.4) is 0 Å². The number of carbonyl (C=O) groups excluding carboxylic acids is 3. The molecule has 34 heavy (non-hydrogen) atoms. The zero-order valence-corrected chi connectivity index (χ0v) is 20.4. The Kier molecular flexibility index (Phi) is 7.44. The van der Waals surface area contributed by atoms with Gasteiger partial charge in [0.2, 0.25) is 0 Å². The number of benzene rings is 2. The molecule has 0 fully saturated rings. The lowest BCUT2D eigenvalue weighted by Gasteiger charge is -2.24. The molecule has 0 bridgehead atoms. The first-order valence-corrected chi connectivity index (χ1v) is 11.5. The van der Waals surface area contributed by atoms with E-state index in [0.29, 0.717) is 30.5 Å². The van der Waals surface area contributed by atoms with E-state index in [1.165, 1.54) is 0 Å². The minimum absolute atomic E-state index is 0.275. The number of primary amides is 1. The second-order valence-electron chi connectivity index (χ2n) is 9.17. The summed E-state index contributed by atoms with van der Waals surface area (Å²) in [6.45, 7) is 9.69. The first kappa shape index (κ1) is 25.0. The van der Waals surface area contributed by atoms with Crippen molar-refractivity contribution in [2.24, 2.45) is 5.73 Å². The van der Waals surface area contributed by atoms with Gasteiger partial charge in [-0.3, -0.25) is 9.59 Å². The van der Waals surface area contributed by atoms with Crippen LogP contribution in [0.1, 0.15) is 62.7 Å². The fourth-order valence-corrected chi connectivity index (χ4v) is 3.98. The standard InChI is InChI=1S/C27H32N2O5/c1-6-20-23(24(30)25(28)31)19-15-18(33-22(7-2)26(32)34-27(3,4)5)13-14-21(19)29(20)16-17-11-9-8-10-12-17/h8-15,22H,6-7,16H2,1-5H3,(H2,28,31). The fraction of sp³-hybridized carbons (Fsp3) is 0.370. The molecule has 0 spiro atoms. The Morgan fingerprint density at radius 2 is 1.71 bits per heavy atom. The van der Waals surface area contributed by atoms with Crippen LogP contribution < -0.4 is 10.5 Å². The summed E-state index contributed by atoms with van der Waals surface area (Å²) in [4.78, 5) is 37.3. The number of ether oxygens (including phenoxy) is 2. The van der Waals surface area contributed by atoms with Crippen LogP contribution in [0, 0.1) is 0 Å². The fourth-order valence-electron chi connectivity index (χ4n) is 3.98. The van der Waals surface area contributed by atoms with Crippen LogP contribution in [0.15, 0.2) is 48.5 Å². The van der Waals surface area contributed by atoms with Gasteiger partial charge in [0, 0.05) is 23.1 Å². The molecule has 1 heterocycles. The molecule has 3 rings (SSSR count). The number of fused-ring (bicyclic) bond motifs is 1. The van der Waals surface area contributed by atoms with Gasteiger partial charge in [0.15, 0.2) is 6.10 Å². The van der Waals surface area contributed by atoms with Gasteiger partial charge < -0.3 is 19.8 Å². The van der Waals surface area contributed by atoms with E-state index in [0.717, 1.165) is 16.8 Å². The average Bonchev–Trinajstić information content (AvgIpc) is 3.08. The smallest absolute Gasteiger partial charge is 0.347 e. The van der Waals surface area contributed by atoms with Crippen molar-refractivity contribution in [2.75, 3.05) is 0 Å². The number of carbonyl (C=O) groups is 3. The third-order valence-electron chi connectivity index (χ3n) is 5.43. The number of nitrogens with two attached hydrogens (primary N) is 1. The predicted molar refractivity (Wildman–Crippen MR) is 131 cm³/mol. The molecule has 3 aromatic rings. The molecule has 0 saturated carbocycles. The summed E-state index contributed by atoms with van der Waals surface area (Å²) >= 11 is 0. The van der Waals surface area contributed by atoms with Crippen LogP contribution in [-0.2, 0) is 27.3 Å². The molecule has 180 valence electrons. The number of nitrogens with zero attached hydrogens (tertiary/aromatic N) is 1. The zero-order chi connectivity index (χ0) is 25.0. The Labute approximate surface area is 199 Å². The van der Waals surface area contributed by atoms with Crippen LogP contribution in [0.5, 0.6) is 5.75 Å². The van der Waals surface area contributed by atoms with E-state index in [9.17, 15) is 14.4 Å². The van der Waals surface area contributed by atoms with Gasteiger partial charge in [-0.05, 0) is 57.4 Å². The maximum absolute atomic E-state index is 12.9. The molecular formula is C27H32N2O5. The summed E-state index contributed by atoms with van der Waals surface area (Å²) in [5.41, 5.74) is 7.59. The normalized spacial score (nSPS) is 12.4. The molecule has 1 amide bonds. The Morgan fingerprint density at radius 3 is 2.26 bits per heavy atom. The van der Waals surface area contributed by atoms with Crippen LogP contribution in [0.25, 0.3) is 10.9 Å². The second kappa shape index (κ2) is 10.1. The van der Waals surface area contributed by atoms with Gasteiger partial charge in [-0.2, -0.15) is 0 Å². The third kappa shape index (κ3) is 5.47. The number of Topliss-reactive ketones (excluding diaryl/α,β-unsaturated/α-hetero) is 1. The summed E-state index contributed by atoms with van der Waals surface area (Å²) in [6.07, 6.45) is 0.139. The number of hydrogen-bond acceptors (Lipinski definition) is 5. The van der Waals surface area contributed by atoms with E-state index in [2.05, 4.69) is 0 Å². The molecule has 7 nitrogen and oxygen atoms in total. The Hall–Kier alpha value is -3.61. The van der Waals surface area contributed by atoms with Crippen molar-refractivity contribution in [1.82, 2.24) is 4.57 Å². The molecule has 0 radical (unpaired) electrons. The summed E-state index contributed by atoms with van der Waals surface area (Å²) in [6, 6.07) is 15.2. The van der Waals surface area contributed by atoms with Crippen molar-refractivity contribution >= 4 is 28.6 Å². The van der Waals surface area contributed by atoms with E-state index in [1.807, 2.05) is 54.8 Å². The number of ketones is 1. The average molecular weight is 465 g/mol. The van der Waals surface area contributed by atoms with Gasteiger partial charge >= 0.3 is 5.97 Å². The Balaban J connectivity index is 2.09. The molecule has 0 saturated heterocycles. The predicted octanol–water partition coefficient (Wildman–Crippen LogP) is 4.42. The van der Waals surface area contributed by atoms with E-state index in [4.69, 9.17) is 15.2 Å². The maximum atomic E-state index is 12.9. The van der Waals surface area contributed by atoms with Gasteiger partial charge in [0.05, 0.1) is 5.56 Å². The van der Waals surface area contributed by atoms with Crippen molar-refractivity contribution in [3.8, 4) is 5.75 Å². The lowest BCUT2D eigenvalue weighted by molar-refractivity contribution is -0.163. The van der Waals surface area contributed by atoms with E-state index in [-0.39, 0.29) is 5.56 Å². The number of amides is 1. The highest BCUT2D eigenvalue weighted by Crippen LogP contribution is 2.32. The molecule has 2 N–H and O–H groups in total. The van der Waals surface area contributed by atoms with Crippen molar-refractivity contribution in [2.45, 2.75) is 65.7 Å². The molecule has 0 aliphatic carbocycles. The van der Waals surface area contributed by atoms with Crippen LogP contribution in [0.2, 0.25) is 0 Å². The van der Waals surface area contributed by atoms with Crippen molar-refractivity contribution < 1.29 is 23.9 Å². The van der Waals surface area contributed by atoms with Crippen LogP contribution >= 0.6 is 0 Å². The number of aromatic nitrogens is 1. The lowest BCUT2D eigenvalue weighted by atomic mass is 10.0. The summed E-state index contributed by atoms with van der Waals surface area (Å²) in [5.74, 6) is -1.81. The quantitative estimate of drug-likeness (QED) is 0.287. The molecule has 1 unspecified atom stereocenters.